The van der Waals surface area contributed by atoms with Gasteiger partial charge in [-0.1, -0.05) is 35.5 Å². The SMILES string of the molecule is Nc1nonc1-n1nnc(C(=O)NN=Cc2ccoc2)c1CN1CCC(Cc2ccccc2)CC1. The lowest BCUT2D eigenvalue weighted by molar-refractivity contribution is 0.0946. The third-order valence-corrected chi connectivity index (χ3v) is 6.05. The molecule has 0 saturated carbocycles. The Bertz CT molecular complexity index is 1270. The molecule has 3 aromatic heterocycles. The van der Waals surface area contributed by atoms with Gasteiger partial charge in [-0.25, -0.2) is 10.1 Å². The van der Waals surface area contributed by atoms with Gasteiger partial charge in [-0.3, -0.25) is 9.69 Å². The molecule has 0 radical (unpaired) electrons. The molecule has 4 aromatic rings. The van der Waals surface area contributed by atoms with Gasteiger partial charge in [0.2, 0.25) is 11.6 Å². The molecule has 1 amide bonds. The van der Waals surface area contributed by atoms with Gasteiger partial charge in [0.25, 0.3) is 5.91 Å². The Kier molecular flexibility index (Phi) is 6.61. The normalized spacial score (nSPS) is 15.1. The zero-order valence-electron chi connectivity index (χ0n) is 18.9. The molecule has 12 heteroatoms. The number of nitrogens with two attached hydrogens (primary N) is 1. The summed E-state index contributed by atoms with van der Waals surface area (Å²) >= 11 is 0. The van der Waals surface area contributed by atoms with E-state index in [0.29, 0.717) is 23.7 Å². The summed E-state index contributed by atoms with van der Waals surface area (Å²) in [5.74, 6) is 0.363. The number of piperidine rings is 1. The summed E-state index contributed by atoms with van der Waals surface area (Å²) in [4.78, 5) is 15.2. The van der Waals surface area contributed by atoms with Crippen molar-refractivity contribution in [2.24, 2.45) is 11.0 Å². The predicted octanol–water partition coefficient (Wildman–Crippen LogP) is 2.04. The van der Waals surface area contributed by atoms with E-state index in [4.69, 9.17) is 14.8 Å². The van der Waals surface area contributed by atoms with Crippen LogP contribution in [0, 0.1) is 5.92 Å². The molecule has 0 spiro atoms. The van der Waals surface area contributed by atoms with Crippen molar-refractivity contribution in [2.75, 3.05) is 18.8 Å². The molecular weight excluding hydrogens is 450 g/mol. The number of anilines is 1. The number of nitrogen functional groups attached to an aromatic ring is 1. The average Bonchev–Trinajstić information content (AvgIpc) is 3.63. The Morgan fingerprint density at radius 1 is 1.20 bits per heavy atom. The number of rotatable bonds is 8. The minimum atomic E-state index is -0.500. The first-order valence-electron chi connectivity index (χ1n) is 11.3. The maximum absolute atomic E-state index is 12.9. The fourth-order valence-electron chi connectivity index (χ4n) is 4.20. The van der Waals surface area contributed by atoms with Crippen LogP contribution in [0.5, 0.6) is 0 Å². The summed E-state index contributed by atoms with van der Waals surface area (Å²) in [6, 6.07) is 12.3. The number of likely N-dealkylation sites (tertiary alicyclic amines) is 1. The number of aromatic nitrogens is 5. The first-order valence-corrected chi connectivity index (χ1v) is 11.3. The second kappa shape index (κ2) is 10.3. The van der Waals surface area contributed by atoms with Crippen LogP contribution in [0.1, 0.15) is 40.2 Å². The lowest BCUT2D eigenvalue weighted by Gasteiger charge is -2.32. The molecule has 3 N–H and O–H groups in total. The molecule has 1 aliphatic heterocycles. The van der Waals surface area contributed by atoms with Crippen molar-refractivity contribution in [3.63, 3.8) is 0 Å². The molecule has 0 unspecified atom stereocenters. The number of hydrogen-bond donors (Lipinski definition) is 2. The Morgan fingerprint density at radius 3 is 2.74 bits per heavy atom. The van der Waals surface area contributed by atoms with Crippen LogP contribution < -0.4 is 11.2 Å². The highest BCUT2D eigenvalue weighted by atomic mass is 16.6. The summed E-state index contributed by atoms with van der Waals surface area (Å²) in [5.41, 5.74) is 11.1. The largest absolute Gasteiger partial charge is 0.472 e. The first-order chi connectivity index (χ1) is 17.2. The Balaban J connectivity index is 1.30. The summed E-state index contributed by atoms with van der Waals surface area (Å²) in [5, 5.41) is 19.6. The number of hydrazone groups is 1. The van der Waals surface area contributed by atoms with Crippen LogP contribution in [0.3, 0.4) is 0 Å². The molecule has 4 heterocycles. The second-order valence-corrected chi connectivity index (χ2v) is 8.43. The highest BCUT2D eigenvalue weighted by Gasteiger charge is 2.27. The van der Waals surface area contributed by atoms with Gasteiger partial charge in [-0.15, -0.1) is 5.10 Å². The van der Waals surface area contributed by atoms with Crippen LogP contribution in [0.2, 0.25) is 0 Å². The smallest absolute Gasteiger partial charge is 0.293 e. The molecule has 1 aliphatic rings. The van der Waals surface area contributed by atoms with Gasteiger partial charge in [0, 0.05) is 12.1 Å². The second-order valence-electron chi connectivity index (χ2n) is 8.43. The van der Waals surface area contributed by atoms with Crippen LogP contribution in [-0.2, 0) is 13.0 Å². The van der Waals surface area contributed by atoms with E-state index < -0.39 is 5.91 Å². The van der Waals surface area contributed by atoms with Crippen molar-refractivity contribution in [3.05, 3.63) is 71.4 Å². The van der Waals surface area contributed by atoms with Crippen molar-refractivity contribution < 1.29 is 13.8 Å². The number of nitrogens with one attached hydrogen (secondary N) is 1. The van der Waals surface area contributed by atoms with E-state index >= 15 is 0 Å². The van der Waals surface area contributed by atoms with Gasteiger partial charge in [-0.05, 0) is 60.2 Å². The first kappa shape index (κ1) is 22.5. The number of furan rings is 1. The number of amides is 1. The van der Waals surface area contributed by atoms with Crippen molar-refractivity contribution >= 4 is 17.9 Å². The summed E-state index contributed by atoms with van der Waals surface area (Å²) in [6.07, 6.45) is 7.69. The minimum absolute atomic E-state index is 0.0580. The molecule has 1 saturated heterocycles. The molecule has 5 rings (SSSR count). The fraction of sp³-hybridized carbons (Fsp3) is 0.304. The van der Waals surface area contributed by atoms with Gasteiger partial charge in [0.05, 0.1) is 24.4 Å². The molecule has 0 atom stereocenters. The van der Waals surface area contributed by atoms with E-state index in [9.17, 15) is 4.79 Å². The van der Waals surface area contributed by atoms with Gasteiger partial charge >= 0.3 is 0 Å². The quantitative estimate of drug-likeness (QED) is 0.288. The molecule has 0 aliphatic carbocycles. The lowest BCUT2D eigenvalue weighted by Crippen LogP contribution is -2.35. The number of carbonyl (C=O) groups excluding carboxylic acids is 1. The molecule has 35 heavy (non-hydrogen) atoms. The van der Waals surface area contributed by atoms with Gasteiger partial charge < -0.3 is 10.2 Å². The van der Waals surface area contributed by atoms with Crippen LogP contribution in [-0.4, -0.2) is 55.4 Å². The van der Waals surface area contributed by atoms with Crippen molar-refractivity contribution in [2.45, 2.75) is 25.8 Å². The summed E-state index contributed by atoms with van der Waals surface area (Å²) < 4.78 is 11.1. The lowest BCUT2D eigenvalue weighted by atomic mass is 9.90. The summed E-state index contributed by atoms with van der Waals surface area (Å²) in [6.45, 7) is 2.20. The molecule has 1 aromatic carbocycles. The third-order valence-electron chi connectivity index (χ3n) is 6.05. The van der Waals surface area contributed by atoms with Crippen LogP contribution in [0.15, 0.2) is 63.1 Å². The zero-order valence-corrected chi connectivity index (χ0v) is 18.9. The number of benzene rings is 1. The van der Waals surface area contributed by atoms with Crippen molar-refractivity contribution in [3.8, 4) is 5.82 Å². The van der Waals surface area contributed by atoms with Crippen LogP contribution in [0.4, 0.5) is 5.82 Å². The predicted molar refractivity (Wildman–Crippen MR) is 126 cm³/mol. The number of hydrogen-bond acceptors (Lipinski definition) is 10. The van der Waals surface area contributed by atoms with Gasteiger partial charge in [0.15, 0.2) is 5.69 Å². The average molecular weight is 476 g/mol. The Morgan fingerprint density at radius 2 is 2.03 bits per heavy atom. The highest BCUT2D eigenvalue weighted by Crippen LogP contribution is 2.24. The standard InChI is InChI=1S/C23H25N9O3/c24-21-22(29-35-28-21)32-19(20(26-30-32)23(33)27-25-13-18-8-11-34-15-18)14-31-9-6-17(7-10-31)12-16-4-2-1-3-5-16/h1-5,8,11,13,15,17H,6-7,9-10,12,14H2,(H2,24,28)(H,27,33). The van der Waals surface area contributed by atoms with E-state index in [1.807, 2.05) is 6.07 Å². The monoisotopic (exact) mass is 475 g/mol. The number of nitrogens with zero attached hydrogens (tertiary/aromatic N) is 7. The van der Waals surface area contributed by atoms with Crippen molar-refractivity contribution in [1.29, 1.82) is 0 Å². The molecule has 0 bridgehead atoms. The van der Waals surface area contributed by atoms with E-state index in [2.05, 4.69) is 60.3 Å². The van der Waals surface area contributed by atoms with E-state index in [-0.39, 0.29) is 17.3 Å². The topological polar surface area (TPSA) is 153 Å². The van der Waals surface area contributed by atoms with Gasteiger partial charge in [0.1, 0.15) is 0 Å². The summed E-state index contributed by atoms with van der Waals surface area (Å²) in [7, 11) is 0. The fourth-order valence-corrected chi connectivity index (χ4v) is 4.20. The maximum Gasteiger partial charge on any atom is 0.293 e. The molecular formula is C23H25N9O3. The van der Waals surface area contributed by atoms with Crippen LogP contribution in [0.25, 0.3) is 5.82 Å². The van der Waals surface area contributed by atoms with E-state index in [0.717, 1.165) is 32.4 Å². The van der Waals surface area contributed by atoms with Gasteiger partial charge in [-0.2, -0.15) is 9.78 Å². The maximum atomic E-state index is 12.9. The van der Waals surface area contributed by atoms with E-state index in [1.54, 1.807) is 6.07 Å². The molecule has 1 fully saturated rings. The molecule has 12 nitrogen and oxygen atoms in total. The van der Waals surface area contributed by atoms with E-state index in [1.165, 1.54) is 29.0 Å². The number of carbonyl (C=O) groups is 1. The minimum Gasteiger partial charge on any atom is -0.472 e. The molecule has 180 valence electrons. The zero-order chi connectivity index (χ0) is 24.0. The Labute approximate surface area is 200 Å². The Hall–Kier alpha value is -4.32. The third kappa shape index (κ3) is 5.27. The van der Waals surface area contributed by atoms with Crippen LogP contribution >= 0.6 is 0 Å². The van der Waals surface area contributed by atoms with Crippen molar-refractivity contribution in [1.82, 2.24) is 35.6 Å². The highest BCUT2D eigenvalue weighted by molar-refractivity contribution is 5.94.